The molecule has 0 bridgehead atoms. The van der Waals surface area contributed by atoms with Crippen molar-refractivity contribution in [2.75, 3.05) is 23.3 Å². The Bertz CT molecular complexity index is 424. The number of rotatable bonds is 6. The first-order chi connectivity index (χ1) is 9.65. The summed E-state index contributed by atoms with van der Waals surface area (Å²) in [4.78, 5) is 18.4. The van der Waals surface area contributed by atoms with Crippen molar-refractivity contribution in [1.82, 2.24) is 4.98 Å². The van der Waals surface area contributed by atoms with Gasteiger partial charge in [0.05, 0.1) is 11.9 Å². The summed E-state index contributed by atoms with van der Waals surface area (Å²) in [7, 11) is 0. The Morgan fingerprint density at radius 1 is 1.45 bits per heavy atom. The van der Waals surface area contributed by atoms with Gasteiger partial charge in [-0.05, 0) is 44.7 Å². The summed E-state index contributed by atoms with van der Waals surface area (Å²) in [6, 6.07) is 4.05. The van der Waals surface area contributed by atoms with Gasteiger partial charge in [0, 0.05) is 25.6 Å². The van der Waals surface area contributed by atoms with Crippen LogP contribution in [0.1, 0.15) is 39.0 Å². The second-order valence-corrected chi connectivity index (χ2v) is 5.52. The minimum absolute atomic E-state index is 0.0290. The van der Waals surface area contributed by atoms with Gasteiger partial charge >= 0.3 is 0 Å². The quantitative estimate of drug-likeness (QED) is 0.835. The number of anilines is 2. The van der Waals surface area contributed by atoms with Crippen molar-refractivity contribution in [3.05, 3.63) is 18.3 Å². The lowest BCUT2D eigenvalue weighted by Gasteiger charge is -2.16. The number of nitrogens with two attached hydrogens (primary N) is 1. The Kier molecular flexibility index (Phi) is 5.35. The first kappa shape index (κ1) is 14.8. The highest BCUT2D eigenvalue weighted by atomic mass is 16.1. The van der Waals surface area contributed by atoms with Crippen LogP contribution in [0, 0.1) is 0 Å². The Hall–Kier alpha value is -1.62. The molecule has 1 fully saturated rings. The van der Waals surface area contributed by atoms with E-state index in [0.717, 1.165) is 37.4 Å². The minimum atomic E-state index is 0.0290. The number of nitrogens with one attached hydrogen (secondary N) is 1. The molecule has 2 rings (SSSR count). The molecule has 2 heterocycles. The molecule has 1 amide bonds. The first-order valence-electron chi connectivity index (χ1n) is 7.41. The molecule has 1 aromatic heterocycles. The van der Waals surface area contributed by atoms with Gasteiger partial charge in [-0.2, -0.15) is 0 Å². The van der Waals surface area contributed by atoms with Gasteiger partial charge < -0.3 is 16.0 Å². The molecule has 1 aromatic rings. The second kappa shape index (κ2) is 7.24. The average molecular weight is 276 g/mol. The maximum absolute atomic E-state index is 11.7. The van der Waals surface area contributed by atoms with Crippen molar-refractivity contribution in [2.45, 2.75) is 45.1 Å². The summed E-state index contributed by atoms with van der Waals surface area (Å²) >= 11 is 0. The Balaban J connectivity index is 1.79. The van der Waals surface area contributed by atoms with Crippen LogP contribution in [0.2, 0.25) is 0 Å². The van der Waals surface area contributed by atoms with Crippen molar-refractivity contribution < 1.29 is 4.79 Å². The minimum Gasteiger partial charge on any atom is -0.357 e. The third-order valence-electron chi connectivity index (χ3n) is 3.52. The van der Waals surface area contributed by atoms with Crippen LogP contribution in [-0.4, -0.2) is 30.0 Å². The fourth-order valence-corrected chi connectivity index (χ4v) is 2.40. The predicted octanol–water partition coefficient (Wildman–Crippen LogP) is 2.14. The summed E-state index contributed by atoms with van der Waals surface area (Å²) in [5.74, 6) is 1.03. The molecule has 1 aliphatic rings. The summed E-state index contributed by atoms with van der Waals surface area (Å²) in [5.41, 5.74) is 6.42. The van der Waals surface area contributed by atoms with Crippen molar-refractivity contribution in [2.24, 2.45) is 5.73 Å². The molecule has 5 nitrogen and oxygen atoms in total. The smallest absolute Gasteiger partial charge is 0.224 e. The number of aromatic nitrogens is 1. The molecule has 0 aliphatic carbocycles. The zero-order valence-electron chi connectivity index (χ0n) is 12.1. The first-order valence-corrected chi connectivity index (χ1v) is 7.41. The van der Waals surface area contributed by atoms with Crippen LogP contribution in [0.3, 0.4) is 0 Å². The fraction of sp³-hybridized carbons (Fsp3) is 0.600. The van der Waals surface area contributed by atoms with E-state index in [2.05, 4.69) is 15.2 Å². The number of hydrogen-bond donors (Lipinski definition) is 2. The Morgan fingerprint density at radius 2 is 2.20 bits per heavy atom. The largest absolute Gasteiger partial charge is 0.357 e. The van der Waals surface area contributed by atoms with Gasteiger partial charge in [-0.15, -0.1) is 0 Å². The zero-order valence-corrected chi connectivity index (χ0v) is 12.1. The zero-order chi connectivity index (χ0) is 14.4. The maximum atomic E-state index is 11.7. The van der Waals surface area contributed by atoms with Crippen LogP contribution < -0.4 is 16.0 Å². The number of nitrogens with zero attached hydrogens (tertiary/aromatic N) is 2. The third-order valence-corrected chi connectivity index (χ3v) is 3.52. The number of hydrogen-bond acceptors (Lipinski definition) is 4. The van der Waals surface area contributed by atoms with E-state index in [1.54, 1.807) is 6.20 Å². The number of pyridine rings is 1. The Labute approximate surface area is 120 Å². The van der Waals surface area contributed by atoms with Gasteiger partial charge in [-0.1, -0.05) is 0 Å². The molecule has 1 aliphatic heterocycles. The van der Waals surface area contributed by atoms with E-state index in [0.29, 0.717) is 6.42 Å². The van der Waals surface area contributed by atoms with Gasteiger partial charge in [-0.3, -0.25) is 4.79 Å². The highest BCUT2D eigenvalue weighted by Crippen LogP contribution is 2.19. The van der Waals surface area contributed by atoms with Gasteiger partial charge in [0.2, 0.25) is 5.91 Å². The molecule has 1 unspecified atom stereocenters. The van der Waals surface area contributed by atoms with Crippen molar-refractivity contribution in [3.63, 3.8) is 0 Å². The summed E-state index contributed by atoms with van der Waals surface area (Å²) < 4.78 is 0. The van der Waals surface area contributed by atoms with E-state index >= 15 is 0 Å². The molecular weight excluding hydrogens is 252 g/mol. The van der Waals surface area contributed by atoms with E-state index in [1.165, 1.54) is 12.8 Å². The third kappa shape index (κ3) is 4.49. The van der Waals surface area contributed by atoms with Crippen LogP contribution in [0.15, 0.2) is 18.3 Å². The molecule has 0 radical (unpaired) electrons. The monoisotopic (exact) mass is 276 g/mol. The van der Waals surface area contributed by atoms with Crippen LogP contribution in [0.4, 0.5) is 11.5 Å². The van der Waals surface area contributed by atoms with Crippen molar-refractivity contribution in [1.29, 1.82) is 0 Å². The van der Waals surface area contributed by atoms with Crippen LogP contribution in [-0.2, 0) is 4.79 Å². The molecule has 0 spiro atoms. The molecule has 3 N–H and O–H groups in total. The Morgan fingerprint density at radius 3 is 2.80 bits per heavy atom. The lowest BCUT2D eigenvalue weighted by atomic mass is 10.1. The predicted molar refractivity (Wildman–Crippen MR) is 81.8 cm³/mol. The lowest BCUT2D eigenvalue weighted by molar-refractivity contribution is -0.116. The number of carbonyl (C=O) groups excluding carboxylic acids is 1. The van der Waals surface area contributed by atoms with Gasteiger partial charge in [0.25, 0.3) is 0 Å². The molecule has 5 heteroatoms. The molecule has 0 aromatic carbocycles. The van der Waals surface area contributed by atoms with E-state index in [1.807, 2.05) is 19.1 Å². The average Bonchev–Trinajstić information content (AvgIpc) is 2.93. The molecule has 1 saturated heterocycles. The van der Waals surface area contributed by atoms with Gasteiger partial charge in [-0.25, -0.2) is 4.98 Å². The van der Waals surface area contributed by atoms with E-state index in [-0.39, 0.29) is 11.9 Å². The highest BCUT2D eigenvalue weighted by molar-refractivity contribution is 5.90. The molecular formula is C15H24N4O. The van der Waals surface area contributed by atoms with Crippen LogP contribution in [0.25, 0.3) is 0 Å². The topological polar surface area (TPSA) is 71.2 Å². The number of amides is 1. The summed E-state index contributed by atoms with van der Waals surface area (Å²) in [5, 5.41) is 2.87. The normalized spacial score (nSPS) is 16.2. The van der Waals surface area contributed by atoms with Crippen molar-refractivity contribution in [3.8, 4) is 0 Å². The van der Waals surface area contributed by atoms with E-state index in [4.69, 9.17) is 5.73 Å². The molecule has 0 saturated carbocycles. The highest BCUT2D eigenvalue weighted by Gasteiger charge is 2.13. The van der Waals surface area contributed by atoms with Crippen LogP contribution >= 0.6 is 0 Å². The summed E-state index contributed by atoms with van der Waals surface area (Å²) in [6.07, 6.45) is 6.41. The maximum Gasteiger partial charge on any atom is 0.224 e. The van der Waals surface area contributed by atoms with Crippen molar-refractivity contribution >= 4 is 17.4 Å². The summed E-state index contributed by atoms with van der Waals surface area (Å²) in [6.45, 7) is 4.12. The van der Waals surface area contributed by atoms with Gasteiger partial charge in [0.1, 0.15) is 5.82 Å². The van der Waals surface area contributed by atoms with Gasteiger partial charge in [0.15, 0.2) is 0 Å². The molecule has 20 heavy (non-hydrogen) atoms. The van der Waals surface area contributed by atoms with E-state index in [9.17, 15) is 4.79 Å². The SMILES string of the molecule is CC(N)CCCC(=O)Nc1ccc(N2CCCC2)nc1. The second-order valence-electron chi connectivity index (χ2n) is 5.52. The van der Waals surface area contributed by atoms with E-state index < -0.39 is 0 Å². The van der Waals surface area contributed by atoms with Crippen LogP contribution in [0.5, 0.6) is 0 Å². The number of carbonyl (C=O) groups is 1. The fourth-order valence-electron chi connectivity index (χ4n) is 2.40. The molecule has 110 valence electrons. The standard InChI is InChI=1S/C15H24N4O/c1-12(16)5-4-6-15(20)18-13-7-8-14(17-11-13)19-9-2-3-10-19/h7-8,11-12H,2-6,9-10,16H2,1H3,(H,18,20). The molecule has 1 atom stereocenters. The lowest BCUT2D eigenvalue weighted by Crippen LogP contribution is -2.19.